The Kier molecular flexibility index (Phi) is 5.62. The second-order valence-electron chi connectivity index (χ2n) is 7.43. The molecule has 1 fully saturated rings. The molecule has 1 saturated heterocycles. The molecule has 1 aliphatic heterocycles. The number of para-hydroxylation sites is 1. The van der Waals surface area contributed by atoms with Crippen LogP contribution >= 0.6 is 0 Å². The molecule has 1 amide bonds. The lowest BCUT2D eigenvalue weighted by molar-refractivity contribution is -0.121. The van der Waals surface area contributed by atoms with Crippen LogP contribution in [0.25, 0.3) is 0 Å². The van der Waals surface area contributed by atoms with Crippen molar-refractivity contribution in [3.8, 4) is 0 Å². The number of piperazine rings is 1. The van der Waals surface area contributed by atoms with Gasteiger partial charge in [0.05, 0.1) is 0 Å². The van der Waals surface area contributed by atoms with Gasteiger partial charge >= 0.3 is 0 Å². The Morgan fingerprint density at radius 1 is 1.00 bits per heavy atom. The predicted octanol–water partition coefficient (Wildman–Crippen LogP) is 3.79. The van der Waals surface area contributed by atoms with E-state index in [1.54, 1.807) is 6.07 Å². The van der Waals surface area contributed by atoms with Gasteiger partial charge in [-0.15, -0.1) is 0 Å². The SMILES string of the molecule is Cc1cc(NC(=O)C(c2ccccc2)N2CCN(c3ccccc3C)CC2)no1. The molecule has 2 aromatic carbocycles. The van der Waals surface area contributed by atoms with Gasteiger partial charge in [0, 0.05) is 37.9 Å². The number of hydrogen-bond donors (Lipinski definition) is 1. The molecule has 1 unspecified atom stereocenters. The highest BCUT2D eigenvalue weighted by Crippen LogP contribution is 2.27. The number of benzene rings is 2. The summed E-state index contributed by atoms with van der Waals surface area (Å²) in [4.78, 5) is 17.8. The molecule has 1 aromatic heterocycles. The van der Waals surface area contributed by atoms with Gasteiger partial charge < -0.3 is 14.7 Å². The summed E-state index contributed by atoms with van der Waals surface area (Å²) in [5.41, 5.74) is 3.53. The maximum Gasteiger partial charge on any atom is 0.247 e. The lowest BCUT2D eigenvalue weighted by Gasteiger charge is -2.40. The zero-order valence-corrected chi connectivity index (χ0v) is 16.8. The molecule has 0 radical (unpaired) electrons. The van der Waals surface area contributed by atoms with Crippen molar-refractivity contribution in [2.24, 2.45) is 0 Å². The molecular weight excluding hydrogens is 364 g/mol. The van der Waals surface area contributed by atoms with E-state index in [4.69, 9.17) is 4.52 Å². The molecule has 4 rings (SSSR count). The molecule has 150 valence electrons. The van der Waals surface area contributed by atoms with Crippen molar-refractivity contribution in [2.45, 2.75) is 19.9 Å². The van der Waals surface area contributed by atoms with Crippen molar-refractivity contribution in [2.75, 3.05) is 36.4 Å². The molecule has 29 heavy (non-hydrogen) atoms. The molecule has 6 heteroatoms. The summed E-state index contributed by atoms with van der Waals surface area (Å²) in [6.07, 6.45) is 0. The average Bonchev–Trinajstić information content (AvgIpc) is 3.14. The van der Waals surface area contributed by atoms with Crippen molar-refractivity contribution >= 4 is 17.4 Å². The highest BCUT2D eigenvalue weighted by atomic mass is 16.5. The van der Waals surface area contributed by atoms with Crippen molar-refractivity contribution in [3.63, 3.8) is 0 Å². The lowest BCUT2D eigenvalue weighted by atomic mass is 10.0. The van der Waals surface area contributed by atoms with Gasteiger partial charge in [0.15, 0.2) is 5.82 Å². The van der Waals surface area contributed by atoms with Gasteiger partial charge in [0.1, 0.15) is 11.8 Å². The number of aromatic nitrogens is 1. The van der Waals surface area contributed by atoms with Gasteiger partial charge in [-0.2, -0.15) is 0 Å². The largest absolute Gasteiger partial charge is 0.369 e. The van der Waals surface area contributed by atoms with Crippen LogP contribution in [0.4, 0.5) is 11.5 Å². The number of hydrogen-bond acceptors (Lipinski definition) is 5. The summed E-state index contributed by atoms with van der Waals surface area (Å²) in [7, 11) is 0. The molecule has 0 aliphatic carbocycles. The summed E-state index contributed by atoms with van der Waals surface area (Å²) in [6, 6.07) is 19.7. The van der Waals surface area contributed by atoms with E-state index in [-0.39, 0.29) is 11.9 Å². The van der Waals surface area contributed by atoms with Crippen molar-refractivity contribution in [3.05, 3.63) is 77.6 Å². The molecule has 1 N–H and O–H groups in total. The van der Waals surface area contributed by atoms with Crippen LogP contribution in [0.1, 0.15) is 22.9 Å². The van der Waals surface area contributed by atoms with Crippen molar-refractivity contribution in [1.82, 2.24) is 10.1 Å². The fourth-order valence-electron chi connectivity index (χ4n) is 3.92. The van der Waals surface area contributed by atoms with Gasteiger partial charge in [-0.3, -0.25) is 9.69 Å². The van der Waals surface area contributed by atoms with Crippen LogP contribution < -0.4 is 10.2 Å². The molecule has 2 heterocycles. The third kappa shape index (κ3) is 4.32. The van der Waals surface area contributed by atoms with Crippen LogP contribution in [0, 0.1) is 13.8 Å². The summed E-state index contributed by atoms with van der Waals surface area (Å²) < 4.78 is 5.09. The fraction of sp³-hybridized carbons (Fsp3) is 0.304. The molecule has 0 spiro atoms. The number of aryl methyl sites for hydroxylation is 2. The Hall–Kier alpha value is -3.12. The van der Waals surface area contributed by atoms with E-state index in [9.17, 15) is 4.79 Å². The molecular formula is C23H26N4O2. The Morgan fingerprint density at radius 3 is 2.34 bits per heavy atom. The van der Waals surface area contributed by atoms with E-state index >= 15 is 0 Å². The molecule has 3 aromatic rings. The number of anilines is 2. The maximum atomic E-state index is 13.2. The van der Waals surface area contributed by atoms with E-state index in [1.165, 1.54) is 11.3 Å². The first-order chi connectivity index (χ1) is 14.1. The van der Waals surface area contributed by atoms with Gasteiger partial charge in [0.2, 0.25) is 5.91 Å². The second-order valence-corrected chi connectivity index (χ2v) is 7.43. The second kappa shape index (κ2) is 8.49. The van der Waals surface area contributed by atoms with Gasteiger partial charge in [-0.25, -0.2) is 0 Å². The normalized spacial score (nSPS) is 15.9. The Balaban J connectivity index is 1.51. The highest BCUT2D eigenvalue weighted by molar-refractivity contribution is 5.94. The topological polar surface area (TPSA) is 61.6 Å². The summed E-state index contributed by atoms with van der Waals surface area (Å²) >= 11 is 0. The van der Waals surface area contributed by atoms with Crippen molar-refractivity contribution < 1.29 is 9.32 Å². The zero-order valence-electron chi connectivity index (χ0n) is 16.8. The number of nitrogens with one attached hydrogen (secondary N) is 1. The van der Waals surface area contributed by atoms with Crippen LogP contribution in [-0.4, -0.2) is 42.1 Å². The van der Waals surface area contributed by atoms with E-state index in [0.29, 0.717) is 11.6 Å². The monoisotopic (exact) mass is 390 g/mol. The lowest BCUT2D eigenvalue weighted by Crippen LogP contribution is -2.50. The number of nitrogens with zero attached hydrogens (tertiary/aromatic N) is 3. The summed E-state index contributed by atoms with van der Waals surface area (Å²) in [5.74, 6) is 1.03. The molecule has 0 bridgehead atoms. The van der Waals surface area contributed by atoms with Gasteiger partial charge in [-0.05, 0) is 31.0 Å². The molecule has 1 atom stereocenters. The molecule has 0 saturated carbocycles. The summed E-state index contributed by atoms with van der Waals surface area (Å²) in [6.45, 7) is 7.32. The van der Waals surface area contributed by atoms with E-state index in [0.717, 1.165) is 31.7 Å². The quantitative estimate of drug-likeness (QED) is 0.718. The number of rotatable bonds is 5. The van der Waals surface area contributed by atoms with Gasteiger partial charge in [-0.1, -0.05) is 53.7 Å². The van der Waals surface area contributed by atoms with E-state index < -0.39 is 0 Å². The van der Waals surface area contributed by atoms with E-state index in [1.807, 2.05) is 37.3 Å². The average molecular weight is 390 g/mol. The zero-order chi connectivity index (χ0) is 20.2. The predicted molar refractivity (Wildman–Crippen MR) is 114 cm³/mol. The van der Waals surface area contributed by atoms with E-state index in [2.05, 4.69) is 51.5 Å². The van der Waals surface area contributed by atoms with Crippen LogP contribution in [0.5, 0.6) is 0 Å². The third-order valence-electron chi connectivity index (χ3n) is 5.38. The number of amides is 1. The molecule has 6 nitrogen and oxygen atoms in total. The first-order valence-electron chi connectivity index (χ1n) is 9.95. The first kappa shape index (κ1) is 19.2. The maximum absolute atomic E-state index is 13.2. The van der Waals surface area contributed by atoms with Crippen LogP contribution in [0.3, 0.4) is 0 Å². The molecule has 1 aliphatic rings. The van der Waals surface area contributed by atoms with Crippen LogP contribution in [0.2, 0.25) is 0 Å². The Morgan fingerprint density at radius 2 is 1.69 bits per heavy atom. The summed E-state index contributed by atoms with van der Waals surface area (Å²) in [5, 5.41) is 6.82. The highest BCUT2D eigenvalue weighted by Gasteiger charge is 2.31. The smallest absolute Gasteiger partial charge is 0.247 e. The Labute approximate surface area is 171 Å². The first-order valence-corrected chi connectivity index (χ1v) is 9.95. The standard InChI is InChI=1S/C23H26N4O2/c1-17-8-6-7-11-20(17)26-12-14-27(15-13-26)22(19-9-4-3-5-10-19)23(28)24-21-16-18(2)29-25-21/h3-11,16,22H,12-15H2,1-2H3,(H,24,25,28). The minimum Gasteiger partial charge on any atom is -0.369 e. The Bertz CT molecular complexity index is 962. The van der Waals surface area contributed by atoms with Gasteiger partial charge in [0.25, 0.3) is 0 Å². The minimum absolute atomic E-state index is 0.0890. The van der Waals surface area contributed by atoms with Crippen molar-refractivity contribution in [1.29, 1.82) is 0 Å². The van der Waals surface area contributed by atoms with Crippen LogP contribution in [0.15, 0.2) is 65.2 Å². The van der Waals surface area contributed by atoms with Crippen LogP contribution in [-0.2, 0) is 4.79 Å². The minimum atomic E-state index is -0.368. The fourth-order valence-corrected chi connectivity index (χ4v) is 3.92. The number of carbonyl (C=O) groups is 1. The third-order valence-corrected chi connectivity index (χ3v) is 5.38. The number of carbonyl (C=O) groups excluding carboxylic acids is 1.